The van der Waals surface area contributed by atoms with E-state index in [1.54, 1.807) is 24.3 Å². The molecule has 2 amide bonds. The largest absolute Gasteiger partial charge is 0.481 e. The number of benzene rings is 2. The van der Waals surface area contributed by atoms with Crippen LogP contribution in [0.5, 0.6) is 0 Å². The lowest BCUT2D eigenvalue weighted by Gasteiger charge is -2.21. The number of nitrogens with one attached hydrogen (secondary N) is 3. The number of rotatable bonds is 10. The quantitative estimate of drug-likeness (QED) is 0.417. The van der Waals surface area contributed by atoms with Crippen LogP contribution in [0.1, 0.15) is 42.6 Å². The molecule has 0 aromatic heterocycles. The predicted molar refractivity (Wildman–Crippen MR) is 118 cm³/mol. The van der Waals surface area contributed by atoms with Crippen LogP contribution in [-0.4, -0.2) is 35.5 Å². The normalized spacial score (nSPS) is 12.2. The molecule has 178 valence electrons. The molecule has 0 heterocycles. The van der Waals surface area contributed by atoms with Crippen molar-refractivity contribution in [3.05, 3.63) is 59.7 Å². The molecule has 0 radical (unpaired) electrons. The summed E-state index contributed by atoms with van der Waals surface area (Å²) in [4.78, 5) is 35.3. The number of carbonyl (C=O) groups is 3. The first-order valence-corrected chi connectivity index (χ1v) is 10.3. The zero-order valence-electron chi connectivity index (χ0n) is 18.2. The molecular weight excluding hydrogens is 439 g/mol. The maximum atomic E-state index is 12.8. The highest BCUT2D eigenvalue weighted by molar-refractivity contribution is 5.97. The molecule has 1 unspecified atom stereocenters. The van der Waals surface area contributed by atoms with Gasteiger partial charge in [0.05, 0.1) is 12.0 Å². The van der Waals surface area contributed by atoms with Crippen molar-refractivity contribution in [3.8, 4) is 0 Å². The van der Waals surface area contributed by atoms with Crippen LogP contribution in [0.4, 0.5) is 24.5 Å². The summed E-state index contributed by atoms with van der Waals surface area (Å²) in [5, 5.41) is 16.8. The van der Waals surface area contributed by atoms with Gasteiger partial charge in [-0.15, -0.1) is 0 Å². The number of alkyl halides is 3. The second kappa shape index (κ2) is 11.3. The number of hydrogen-bond acceptors (Lipinski definition) is 4. The molecule has 0 bridgehead atoms. The number of hydrogen-bond donors (Lipinski definition) is 4. The van der Waals surface area contributed by atoms with E-state index in [2.05, 4.69) is 16.0 Å². The summed E-state index contributed by atoms with van der Waals surface area (Å²) in [7, 11) is 0. The summed E-state index contributed by atoms with van der Waals surface area (Å²) in [6, 6.07) is 9.85. The topological polar surface area (TPSA) is 108 Å². The van der Waals surface area contributed by atoms with Crippen LogP contribution in [0.25, 0.3) is 0 Å². The Balaban J connectivity index is 2.03. The number of anilines is 2. The zero-order chi connectivity index (χ0) is 24.6. The molecule has 2 aromatic rings. The Morgan fingerprint density at radius 2 is 1.52 bits per heavy atom. The van der Waals surface area contributed by atoms with Crippen molar-refractivity contribution in [1.29, 1.82) is 0 Å². The standard InChI is InChI=1S/C23H26F3N3O4/c1-14(2)13-19(22(33)29-18-9-5-16(6-10-18)23(24,25)26)28-17-7-3-15(4-8-17)21(32)27-12-11-20(30)31/h3-10,14,19,28H,11-13H2,1-2H3,(H,27,32)(H,29,33)(H,30,31). The first-order valence-electron chi connectivity index (χ1n) is 10.3. The predicted octanol–water partition coefficient (Wildman–Crippen LogP) is 4.38. The Labute approximate surface area is 189 Å². The van der Waals surface area contributed by atoms with E-state index in [1.807, 2.05) is 13.8 Å². The zero-order valence-corrected chi connectivity index (χ0v) is 18.2. The van der Waals surface area contributed by atoms with Gasteiger partial charge < -0.3 is 21.1 Å². The third-order valence-electron chi connectivity index (χ3n) is 4.62. The van der Waals surface area contributed by atoms with E-state index in [9.17, 15) is 27.6 Å². The number of carbonyl (C=O) groups excluding carboxylic acids is 2. The number of halogens is 3. The van der Waals surface area contributed by atoms with E-state index in [-0.39, 0.29) is 24.6 Å². The molecular formula is C23H26F3N3O4. The van der Waals surface area contributed by atoms with Gasteiger partial charge in [-0.2, -0.15) is 13.2 Å². The van der Waals surface area contributed by atoms with Crippen molar-refractivity contribution >= 4 is 29.2 Å². The molecule has 0 fully saturated rings. The van der Waals surface area contributed by atoms with Gasteiger partial charge in [0.15, 0.2) is 0 Å². The third-order valence-corrected chi connectivity index (χ3v) is 4.62. The summed E-state index contributed by atoms with van der Waals surface area (Å²) in [5.41, 5.74) is 0.354. The van der Waals surface area contributed by atoms with E-state index in [4.69, 9.17) is 5.11 Å². The van der Waals surface area contributed by atoms with Crippen molar-refractivity contribution in [2.45, 2.75) is 38.9 Å². The van der Waals surface area contributed by atoms with Crippen molar-refractivity contribution in [3.63, 3.8) is 0 Å². The van der Waals surface area contributed by atoms with E-state index in [0.29, 0.717) is 17.7 Å². The molecule has 10 heteroatoms. The van der Waals surface area contributed by atoms with Crippen LogP contribution < -0.4 is 16.0 Å². The maximum absolute atomic E-state index is 12.8. The minimum atomic E-state index is -4.45. The first kappa shape index (κ1) is 25.7. The lowest BCUT2D eigenvalue weighted by Crippen LogP contribution is -2.36. The Morgan fingerprint density at radius 3 is 2.03 bits per heavy atom. The van der Waals surface area contributed by atoms with Gasteiger partial charge in [0.25, 0.3) is 5.91 Å². The van der Waals surface area contributed by atoms with Gasteiger partial charge in [-0.05, 0) is 60.9 Å². The number of amides is 2. The van der Waals surface area contributed by atoms with E-state index >= 15 is 0 Å². The number of carboxylic acid groups (broad SMARTS) is 1. The average Bonchev–Trinajstić information content (AvgIpc) is 2.73. The molecule has 0 aliphatic carbocycles. The average molecular weight is 465 g/mol. The van der Waals surface area contributed by atoms with Gasteiger partial charge in [-0.1, -0.05) is 13.8 Å². The fourth-order valence-electron chi connectivity index (χ4n) is 2.98. The Kier molecular flexibility index (Phi) is 8.84. The first-order chi connectivity index (χ1) is 15.5. The van der Waals surface area contributed by atoms with Gasteiger partial charge in [0, 0.05) is 23.5 Å². The van der Waals surface area contributed by atoms with Crippen molar-refractivity contribution in [1.82, 2.24) is 5.32 Å². The number of carboxylic acids is 1. The molecule has 2 rings (SSSR count). The summed E-state index contributed by atoms with van der Waals surface area (Å²) < 4.78 is 38.2. The van der Waals surface area contributed by atoms with Gasteiger partial charge >= 0.3 is 12.1 Å². The summed E-state index contributed by atoms with van der Waals surface area (Å²) in [6.07, 6.45) is -4.18. The third kappa shape index (κ3) is 8.47. The molecule has 7 nitrogen and oxygen atoms in total. The second-order valence-electron chi connectivity index (χ2n) is 7.87. The van der Waals surface area contributed by atoms with Crippen LogP contribution in [-0.2, 0) is 15.8 Å². The molecule has 1 atom stereocenters. The van der Waals surface area contributed by atoms with Crippen LogP contribution in [0.2, 0.25) is 0 Å². The Hall–Kier alpha value is -3.56. The lowest BCUT2D eigenvalue weighted by atomic mass is 10.0. The van der Waals surface area contributed by atoms with Gasteiger partial charge in [0.1, 0.15) is 6.04 Å². The van der Waals surface area contributed by atoms with Crippen molar-refractivity contribution < 1.29 is 32.7 Å². The maximum Gasteiger partial charge on any atom is 0.416 e. The highest BCUT2D eigenvalue weighted by atomic mass is 19.4. The van der Waals surface area contributed by atoms with Crippen LogP contribution in [0, 0.1) is 5.92 Å². The summed E-state index contributed by atoms with van der Waals surface area (Å²) in [5.74, 6) is -1.68. The molecule has 4 N–H and O–H groups in total. The van der Waals surface area contributed by atoms with E-state index in [1.165, 1.54) is 12.1 Å². The Morgan fingerprint density at radius 1 is 0.939 bits per heavy atom. The molecule has 33 heavy (non-hydrogen) atoms. The molecule has 0 aliphatic heterocycles. The highest BCUT2D eigenvalue weighted by Gasteiger charge is 2.30. The SMILES string of the molecule is CC(C)CC(Nc1ccc(C(=O)NCCC(=O)O)cc1)C(=O)Nc1ccc(C(F)(F)F)cc1. The van der Waals surface area contributed by atoms with Crippen molar-refractivity contribution in [2.24, 2.45) is 5.92 Å². The fourth-order valence-corrected chi connectivity index (χ4v) is 2.98. The number of aliphatic carboxylic acids is 1. The molecule has 0 spiro atoms. The Bertz CT molecular complexity index is 958. The van der Waals surface area contributed by atoms with Gasteiger partial charge in [-0.3, -0.25) is 14.4 Å². The van der Waals surface area contributed by atoms with Gasteiger partial charge in [0.2, 0.25) is 5.91 Å². The lowest BCUT2D eigenvalue weighted by molar-refractivity contribution is -0.138. The monoisotopic (exact) mass is 465 g/mol. The molecule has 2 aromatic carbocycles. The smallest absolute Gasteiger partial charge is 0.416 e. The van der Waals surface area contributed by atoms with Crippen molar-refractivity contribution in [2.75, 3.05) is 17.2 Å². The minimum Gasteiger partial charge on any atom is -0.481 e. The van der Waals surface area contributed by atoms with Crippen LogP contribution >= 0.6 is 0 Å². The van der Waals surface area contributed by atoms with Gasteiger partial charge in [-0.25, -0.2) is 0 Å². The summed E-state index contributed by atoms with van der Waals surface area (Å²) in [6.45, 7) is 3.88. The molecule has 0 saturated heterocycles. The second-order valence-corrected chi connectivity index (χ2v) is 7.87. The molecule has 0 aliphatic rings. The summed E-state index contributed by atoms with van der Waals surface area (Å²) >= 11 is 0. The minimum absolute atomic E-state index is 0.00868. The molecule has 0 saturated carbocycles. The fraction of sp³-hybridized carbons (Fsp3) is 0.348. The van der Waals surface area contributed by atoms with E-state index < -0.39 is 35.6 Å². The van der Waals surface area contributed by atoms with Crippen LogP contribution in [0.3, 0.4) is 0 Å². The van der Waals surface area contributed by atoms with Crippen LogP contribution in [0.15, 0.2) is 48.5 Å². The highest BCUT2D eigenvalue weighted by Crippen LogP contribution is 2.30. The van der Waals surface area contributed by atoms with E-state index in [0.717, 1.165) is 12.1 Å².